The number of rotatable bonds is 3. The molecule has 1 aromatic carbocycles. The molecule has 0 aliphatic heterocycles. The van der Waals surface area contributed by atoms with Crippen LogP contribution < -0.4 is 5.73 Å². The molecule has 0 aliphatic carbocycles. The normalized spacial score (nSPS) is 11.1. The van der Waals surface area contributed by atoms with Gasteiger partial charge < -0.3 is 5.73 Å². The second kappa shape index (κ2) is 4.03. The van der Waals surface area contributed by atoms with Gasteiger partial charge in [-0.05, 0) is 32.4 Å². The summed E-state index contributed by atoms with van der Waals surface area (Å²) in [5.41, 5.74) is 9.16. The number of aromatic nitrogens is 2. The van der Waals surface area contributed by atoms with Crippen molar-refractivity contribution in [2.75, 3.05) is 6.54 Å². The third-order valence-corrected chi connectivity index (χ3v) is 2.73. The van der Waals surface area contributed by atoms with Gasteiger partial charge in [0.2, 0.25) is 0 Å². The fraction of sp³-hybridized carbons (Fsp3) is 0.417. The Kier molecular flexibility index (Phi) is 2.73. The van der Waals surface area contributed by atoms with Crippen molar-refractivity contribution >= 4 is 10.9 Å². The molecule has 15 heavy (non-hydrogen) atoms. The molecule has 0 radical (unpaired) electrons. The maximum absolute atomic E-state index is 5.52. The molecule has 0 amide bonds. The highest BCUT2D eigenvalue weighted by molar-refractivity contribution is 5.84. The SMILES string of the molecule is Cc1nn(CCCN)c2c(C)cccc12. The monoisotopic (exact) mass is 203 g/mol. The zero-order valence-electron chi connectivity index (χ0n) is 9.33. The number of hydrogen-bond acceptors (Lipinski definition) is 2. The van der Waals surface area contributed by atoms with E-state index in [4.69, 9.17) is 5.73 Å². The molecular formula is C12H17N3. The highest BCUT2D eigenvalue weighted by atomic mass is 15.3. The molecule has 2 N–H and O–H groups in total. The third-order valence-electron chi connectivity index (χ3n) is 2.73. The zero-order valence-corrected chi connectivity index (χ0v) is 9.33. The summed E-state index contributed by atoms with van der Waals surface area (Å²) in [5, 5.41) is 5.81. The minimum Gasteiger partial charge on any atom is -0.330 e. The summed E-state index contributed by atoms with van der Waals surface area (Å²) in [6, 6.07) is 6.34. The third kappa shape index (κ3) is 1.75. The van der Waals surface area contributed by atoms with Crippen molar-refractivity contribution in [1.29, 1.82) is 0 Å². The second-order valence-corrected chi connectivity index (χ2v) is 3.92. The van der Waals surface area contributed by atoms with Crippen LogP contribution in [0.2, 0.25) is 0 Å². The summed E-state index contributed by atoms with van der Waals surface area (Å²) in [6.45, 7) is 5.81. The maximum Gasteiger partial charge on any atom is 0.0714 e. The van der Waals surface area contributed by atoms with Gasteiger partial charge in [0.1, 0.15) is 0 Å². The summed E-state index contributed by atoms with van der Waals surface area (Å²) in [6.07, 6.45) is 0.977. The molecule has 80 valence electrons. The summed E-state index contributed by atoms with van der Waals surface area (Å²) in [5.74, 6) is 0. The number of nitrogens with zero attached hydrogens (tertiary/aromatic N) is 2. The molecule has 0 bridgehead atoms. The molecule has 2 aromatic rings. The van der Waals surface area contributed by atoms with Gasteiger partial charge in [-0.1, -0.05) is 18.2 Å². The first-order valence-corrected chi connectivity index (χ1v) is 5.37. The van der Waals surface area contributed by atoms with Crippen molar-refractivity contribution < 1.29 is 0 Å². The lowest BCUT2D eigenvalue weighted by atomic mass is 10.1. The van der Waals surface area contributed by atoms with Gasteiger partial charge in [0.25, 0.3) is 0 Å². The molecule has 0 saturated carbocycles. The Morgan fingerprint density at radius 2 is 2.13 bits per heavy atom. The van der Waals surface area contributed by atoms with Gasteiger partial charge in [0.05, 0.1) is 11.2 Å². The number of fused-ring (bicyclic) bond motifs is 1. The first-order chi connectivity index (χ1) is 7.24. The molecule has 0 atom stereocenters. The average Bonchev–Trinajstić information content (AvgIpc) is 2.55. The van der Waals surface area contributed by atoms with Crippen LogP contribution in [0.15, 0.2) is 18.2 Å². The van der Waals surface area contributed by atoms with E-state index in [-0.39, 0.29) is 0 Å². The topological polar surface area (TPSA) is 43.8 Å². The van der Waals surface area contributed by atoms with E-state index >= 15 is 0 Å². The first kappa shape index (κ1) is 10.2. The Bertz CT molecular complexity index is 471. The minimum atomic E-state index is 0.715. The summed E-state index contributed by atoms with van der Waals surface area (Å²) in [7, 11) is 0. The number of aryl methyl sites for hydroxylation is 3. The van der Waals surface area contributed by atoms with Crippen LogP contribution in [0.1, 0.15) is 17.7 Å². The molecule has 1 aromatic heterocycles. The van der Waals surface area contributed by atoms with E-state index in [0.717, 1.165) is 18.7 Å². The van der Waals surface area contributed by atoms with E-state index in [9.17, 15) is 0 Å². The second-order valence-electron chi connectivity index (χ2n) is 3.92. The van der Waals surface area contributed by atoms with Crippen molar-refractivity contribution in [3.05, 3.63) is 29.5 Å². The predicted octanol–water partition coefficient (Wildman–Crippen LogP) is 2.00. The van der Waals surface area contributed by atoms with Gasteiger partial charge in [-0.25, -0.2) is 0 Å². The summed E-state index contributed by atoms with van der Waals surface area (Å²) < 4.78 is 2.08. The fourth-order valence-electron chi connectivity index (χ4n) is 1.98. The Morgan fingerprint density at radius 1 is 1.33 bits per heavy atom. The predicted molar refractivity (Wildman–Crippen MR) is 62.9 cm³/mol. The number of benzene rings is 1. The van der Waals surface area contributed by atoms with Crippen LogP contribution >= 0.6 is 0 Å². The highest BCUT2D eigenvalue weighted by Gasteiger charge is 2.08. The molecule has 2 rings (SSSR count). The quantitative estimate of drug-likeness (QED) is 0.829. The highest BCUT2D eigenvalue weighted by Crippen LogP contribution is 2.21. The largest absolute Gasteiger partial charge is 0.330 e. The van der Waals surface area contributed by atoms with E-state index in [0.29, 0.717) is 6.54 Å². The lowest BCUT2D eigenvalue weighted by Gasteiger charge is -2.03. The fourth-order valence-corrected chi connectivity index (χ4v) is 1.98. The molecule has 0 spiro atoms. The van der Waals surface area contributed by atoms with Crippen molar-refractivity contribution in [2.24, 2.45) is 5.73 Å². The van der Waals surface area contributed by atoms with E-state index in [1.54, 1.807) is 0 Å². The van der Waals surface area contributed by atoms with E-state index in [2.05, 4.69) is 41.8 Å². The summed E-state index contributed by atoms with van der Waals surface area (Å²) >= 11 is 0. The zero-order chi connectivity index (χ0) is 10.8. The molecule has 3 heteroatoms. The molecule has 3 nitrogen and oxygen atoms in total. The molecule has 0 aliphatic rings. The lowest BCUT2D eigenvalue weighted by molar-refractivity contribution is 0.597. The smallest absolute Gasteiger partial charge is 0.0714 e. The van der Waals surface area contributed by atoms with Crippen LogP contribution in [0.25, 0.3) is 10.9 Å². The molecule has 1 heterocycles. The van der Waals surface area contributed by atoms with Crippen molar-refractivity contribution in [3.8, 4) is 0 Å². The average molecular weight is 203 g/mol. The van der Waals surface area contributed by atoms with Crippen molar-refractivity contribution in [1.82, 2.24) is 9.78 Å². The van der Waals surface area contributed by atoms with Crippen LogP contribution in [0.4, 0.5) is 0 Å². The van der Waals surface area contributed by atoms with Gasteiger partial charge in [0, 0.05) is 11.9 Å². The first-order valence-electron chi connectivity index (χ1n) is 5.37. The molecular weight excluding hydrogens is 186 g/mol. The van der Waals surface area contributed by atoms with Crippen molar-refractivity contribution in [3.63, 3.8) is 0 Å². The van der Waals surface area contributed by atoms with Crippen LogP contribution in [0.5, 0.6) is 0 Å². The van der Waals surface area contributed by atoms with Gasteiger partial charge >= 0.3 is 0 Å². The van der Waals surface area contributed by atoms with Gasteiger partial charge in [-0.2, -0.15) is 5.10 Å². The van der Waals surface area contributed by atoms with Crippen LogP contribution in [0.3, 0.4) is 0 Å². The standard InChI is InChI=1S/C12H17N3/c1-9-5-3-6-11-10(2)14-15(12(9)11)8-4-7-13/h3,5-6H,4,7-8,13H2,1-2H3. The number of hydrogen-bond donors (Lipinski definition) is 1. The van der Waals surface area contributed by atoms with Crippen LogP contribution in [-0.4, -0.2) is 16.3 Å². The van der Waals surface area contributed by atoms with E-state index < -0.39 is 0 Å². The Hall–Kier alpha value is -1.35. The summed E-state index contributed by atoms with van der Waals surface area (Å²) in [4.78, 5) is 0. The van der Waals surface area contributed by atoms with Gasteiger partial charge in [-0.3, -0.25) is 4.68 Å². The molecule has 0 unspecified atom stereocenters. The Balaban J connectivity index is 2.54. The number of para-hydroxylation sites is 1. The van der Waals surface area contributed by atoms with Gasteiger partial charge in [0.15, 0.2) is 0 Å². The number of nitrogens with two attached hydrogens (primary N) is 1. The van der Waals surface area contributed by atoms with E-state index in [1.807, 2.05) is 0 Å². The Labute approximate surface area is 89.9 Å². The van der Waals surface area contributed by atoms with Crippen LogP contribution in [-0.2, 0) is 6.54 Å². The minimum absolute atomic E-state index is 0.715. The van der Waals surface area contributed by atoms with Crippen LogP contribution in [0, 0.1) is 13.8 Å². The molecule has 0 saturated heterocycles. The van der Waals surface area contributed by atoms with Crippen molar-refractivity contribution in [2.45, 2.75) is 26.8 Å². The lowest BCUT2D eigenvalue weighted by Crippen LogP contribution is -2.07. The Morgan fingerprint density at radius 3 is 2.87 bits per heavy atom. The maximum atomic E-state index is 5.52. The van der Waals surface area contributed by atoms with Gasteiger partial charge in [-0.15, -0.1) is 0 Å². The molecule has 0 fully saturated rings. The van der Waals surface area contributed by atoms with E-state index in [1.165, 1.54) is 16.5 Å².